The number of nitrogens with one attached hydrogen (secondary N) is 1. The van der Waals surface area contributed by atoms with Crippen molar-refractivity contribution < 1.29 is 6.53 Å². The molecular weight excluding hydrogens is 102 g/mol. The van der Waals surface area contributed by atoms with Crippen LogP contribution in [0.4, 0.5) is 0 Å². The third-order valence-corrected chi connectivity index (χ3v) is 2.33. The average molecular weight is 115 g/mol. The minimum absolute atomic E-state index is 0. The number of aliphatic hydroxyl groups is 1. The third kappa shape index (κ3) is 0.501. The van der Waals surface area contributed by atoms with E-state index >= 15 is 0 Å². The first-order valence-electron chi connectivity index (χ1n) is 3.26. The molecule has 8 heavy (non-hydrogen) atoms. The van der Waals surface area contributed by atoms with Crippen LogP contribution in [0.1, 0.15) is 7.85 Å². The predicted octanol–water partition coefficient (Wildman–Crippen LogP) is -0.167. The van der Waals surface area contributed by atoms with Crippen molar-refractivity contribution in [3.63, 3.8) is 0 Å². The Morgan fingerprint density at radius 3 is 2.88 bits per heavy atom. The van der Waals surface area contributed by atoms with Crippen LogP contribution in [-0.2, 0) is 0 Å². The Balaban J connectivity index is 0.000000405. The fraction of sp³-hybridized carbons (Fsp3) is 1.00. The second-order valence-electron chi connectivity index (χ2n) is 2.86. The molecule has 1 saturated heterocycles. The van der Waals surface area contributed by atoms with Crippen LogP contribution < -0.4 is 5.32 Å². The lowest BCUT2D eigenvalue weighted by atomic mass is 10.2. The largest absolute Gasteiger partial charge is 0.395 e. The summed E-state index contributed by atoms with van der Waals surface area (Å²) in [5.41, 5.74) is 0. The molecule has 2 aliphatic rings. The molecule has 0 aromatic carbocycles. The van der Waals surface area contributed by atoms with Crippen LogP contribution in [0.5, 0.6) is 0 Å². The van der Waals surface area contributed by atoms with E-state index in [1.807, 2.05) is 0 Å². The zero-order valence-corrected chi connectivity index (χ0v) is 4.80. The van der Waals surface area contributed by atoms with Crippen molar-refractivity contribution in [1.82, 2.24) is 5.32 Å². The van der Waals surface area contributed by atoms with E-state index in [0.29, 0.717) is 12.6 Å². The number of hydrogen-bond donors (Lipinski definition) is 2. The van der Waals surface area contributed by atoms with Crippen LogP contribution in [0.2, 0.25) is 0 Å². The molecule has 2 N–H and O–H groups in total. The summed E-state index contributed by atoms with van der Waals surface area (Å²) in [7, 11) is 0. The quantitative estimate of drug-likeness (QED) is 0.497. The molecule has 0 aromatic rings. The number of hydrogen-bond acceptors (Lipinski definition) is 2. The fourth-order valence-electron chi connectivity index (χ4n) is 1.65. The maximum atomic E-state index is 8.70. The molecule has 1 aliphatic carbocycles. The summed E-state index contributed by atoms with van der Waals surface area (Å²) in [5.74, 6) is 1.76. The van der Waals surface area contributed by atoms with Crippen molar-refractivity contribution in [2.24, 2.45) is 11.8 Å². The molecule has 48 valence electrons. The van der Waals surface area contributed by atoms with Gasteiger partial charge in [0.1, 0.15) is 0 Å². The van der Waals surface area contributed by atoms with E-state index in [9.17, 15) is 0 Å². The van der Waals surface area contributed by atoms with E-state index in [1.165, 1.54) is 6.42 Å². The summed E-state index contributed by atoms with van der Waals surface area (Å²) >= 11 is 0. The summed E-state index contributed by atoms with van der Waals surface area (Å²) in [5, 5.41) is 12.0. The summed E-state index contributed by atoms with van der Waals surface area (Å²) in [6, 6.07) is 0.444. The number of rotatable bonds is 1. The van der Waals surface area contributed by atoms with Crippen molar-refractivity contribution in [1.29, 1.82) is 0 Å². The highest BCUT2D eigenvalue weighted by Gasteiger charge is 2.47. The molecule has 0 aromatic heterocycles. The van der Waals surface area contributed by atoms with Crippen LogP contribution >= 0.6 is 0 Å². The van der Waals surface area contributed by atoms with Crippen LogP contribution in [0.15, 0.2) is 0 Å². The van der Waals surface area contributed by atoms with Crippen LogP contribution in [0.25, 0.3) is 0 Å². The SMILES string of the molecule is OCC1NCC2CC21.[HH]. The van der Waals surface area contributed by atoms with Crippen molar-refractivity contribution in [3.8, 4) is 0 Å². The molecule has 0 spiro atoms. The van der Waals surface area contributed by atoms with Crippen LogP contribution in [0.3, 0.4) is 0 Å². The van der Waals surface area contributed by atoms with Gasteiger partial charge in [-0.3, -0.25) is 0 Å². The molecule has 3 unspecified atom stereocenters. The Bertz CT molecular complexity index is 109. The molecule has 2 nitrogen and oxygen atoms in total. The van der Waals surface area contributed by atoms with Gasteiger partial charge in [-0.25, -0.2) is 0 Å². The molecule has 1 aliphatic heterocycles. The van der Waals surface area contributed by atoms with E-state index in [0.717, 1.165) is 18.4 Å². The molecule has 2 rings (SSSR count). The average Bonchev–Trinajstić information content (AvgIpc) is 2.46. The first-order valence-corrected chi connectivity index (χ1v) is 3.26. The molecule has 1 heterocycles. The van der Waals surface area contributed by atoms with Gasteiger partial charge in [-0.15, -0.1) is 0 Å². The molecule has 2 heteroatoms. The lowest BCUT2D eigenvalue weighted by molar-refractivity contribution is 0.242. The highest BCUT2D eigenvalue weighted by atomic mass is 16.3. The normalized spacial score (nSPS) is 51.4. The Morgan fingerprint density at radius 1 is 1.75 bits per heavy atom. The van der Waals surface area contributed by atoms with Gasteiger partial charge in [-0.2, -0.15) is 0 Å². The summed E-state index contributed by atoms with van der Waals surface area (Å²) in [6.45, 7) is 1.48. The zero-order valence-electron chi connectivity index (χ0n) is 4.80. The van der Waals surface area contributed by atoms with E-state index in [2.05, 4.69) is 5.32 Å². The van der Waals surface area contributed by atoms with E-state index in [1.54, 1.807) is 0 Å². The molecule has 3 atom stereocenters. The van der Waals surface area contributed by atoms with Crippen molar-refractivity contribution >= 4 is 0 Å². The van der Waals surface area contributed by atoms with Gasteiger partial charge in [-0.1, -0.05) is 0 Å². The van der Waals surface area contributed by atoms with Gasteiger partial charge in [0, 0.05) is 7.47 Å². The number of fused-ring (bicyclic) bond motifs is 1. The van der Waals surface area contributed by atoms with Crippen LogP contribution in [-0.4, -0.2) is 24.3 Å². The Kier molecular flexibility index (Phi) is 0.866. The molecule has 0 bridgehead atoms. The van der Waals surface area contributed by atoms with Gasteiger partial charge in [0.25, 0.3) is 0 Å². The third-order valence-electron chi connectivity index (χ3n) is 2.33. The lowest BCUT2D eigenvalue weighted by Gasteiger charge is -2.06. The summed E-state index contributed by atoms with van der Waals surface area (Å²) < 4.78 is 0. The monoisotopic (exact) mass is 115 g/mol. The van der Waals surface area contributed by atoms with E-state index < -0.39 is 0 Å². The van der Waals surface area contributed by atoms with E-state index in [4.69, 9.17) is 5.11 Å². The van der Waals surface area contributed by atoms with Gasteiger partial charge in [-0.05, 0) is 24.8 Å². The smallest absolute Gasteiger partial charge is 0.0587 e. The van der Waals surface area contributed by atoms with Gasteiger partial charge in [0.2, 0.25) is 0 Å². The maximum absolute atomic E-state index is 8.70. The maximum Gasteiger partial charge on any atom is 0.0587 e. The first-order chi connectivity index (χ1) is 3.92. The highest BCUT2D eigenvalue weighted by molar-refractivity contribution is 5.01. The number of piperidine rings is 1. The molecular formula is C6H13NO. The fourth-order valence-corrected chi connectivity index (χ4v) is 1.65. The first kappa shape index (κ1) is 4.77. The van der Waals surface area contributed by atoms with E-state index in [-0.39, 0.29) is 1.43 Å². The molecule has 0 radical (unpaired) electrons. The lowest BCUT2D eigenvalue weighted by Crippen LogP contribution is -2.29. The summed E-state index contributed by atoms with van der Waals surface area (Å²) in [4.78, 5) is 0. The second-order valence-corrected chi connectivity index (χ2v) is 2.86. The second kappa shape index (κ2) is 1.45. The molecule has 0 amide bonds. The van der Waals surface area contributed by atoms with Crippen molar-refractivity contribution in [2.45, 2.75) is 12.5 Å². The van der Waals surface area contributed by atoms with Crippen LogP contribution in [0, 0.1) is 11.8 Å². The highest BCUT2D eigenvalue weighted by Crippen LogP contribution is 2.44. The van der Waals surface area contributed by atoms with Gasteiger partial charge in [0.05, 0.1) is 6.61 Å². The van der Waals surface area contributed by atoms with Gasteiger partial charge < -0.3 is 10.4 Å². The zero-order chi connectivity index (χ0) is 5.56. The molecule has 1 saturated carbocycles. The summed E-state index contributed by atoms with van der Waals surface area (Å²) in [6.07, 6.45) is 1.36. The Morgan fingerprint density at radius 2 is 2.62 bits per heavy atom. The Hall–Kier alpha value is -0.0800. The minimum atomic E-state index is 0. The van der Waals surface area contributed by atoms with Gasteiger partial charge in [0.15, 0.2) is 0 Å². The van der Waals surface area contributed by atoms with Crippen molar-refractivity contribution in [2.75, 3.05) is 13.2 Å². The van der Waals surface area contributed by atoms with Gasteiger partial charge >= 0.3 is 0 Å². The topological polar surface area (TPSA) is 32.3 Å². The minimum Gasteiger partial charge on any atom is -0.395 e. The molecule has 2 fully saturated rings. The predicted molar refractivity (Wildman–Crippen MR) is 32.6 cm³/mol. The van der Waals surface area contributed by atoms with Crippen molar-refractivity contribution in [3.05, 3.63) is 0 Å². The number of aliphatic hydroxyl groups excluding tert-OH is 1. The standard InChI is InChI=1S/C6H11NO.H2/c8-3-6-5-1-4(5)2-7-6;/h4-8H,1-3H2;1H. The Labute approximate surface area is 50.4 Å².